The first kappa shape index (κ1) is 24.2. The lowest BCUT2D eigenvalue weighted by molar-refractivity contribution is -0.123. The normalized spacial score (nSPS) is 24.6. The molecule has 3 N–H and O–H groups in total. The molecule has 0 radical (unpaired) electrons. The van der Waals surface area contributed by atoms with E-state index in [1.165, 1.54) is 5.56 Å². The average molecular weight is 390 g/mol. The fourth-order valence-electron chi connectivity index (χ4n) is 3.55. The summed E-state index contributed by atoms with van der Waals surface area (Å²) in [5, 5.41) is 3.24. The molecule has 0 spiro atoms. The van der Waals surface area contributed by atoms with Crippen LogP contribution in [-0.2, 0) is 11.3 Å². The van der Waals surface area contributed by atoms with E-state index in [9.17, 15) is 4.79 Å². The van der Waals surface area contributed by atoms with Crippen LogP contribution < -0.4 is 11.1 Å². The van der Waals surface area contributed by atoms with Gasteiger partial charge in [-0.2, -0.15) is 0 Å². The number of benzene rings is 1. The molecule has 3 atom stereocenters. The van der Waals surface area contributed by atoms with Crippen LogP contribution in [0.5, 0.6) is 0 Å². The third-order valence-electron chi connectivity index (χ3n) is 4.72. The van der Waals surface area contributed by atoms with Gasteiger partial charge in [-0.15, -0.1) is 24.8 Å². The summed E-state index contributed by atoms with van der Waals surface area (Å²) in [6.45, 7) is 9.46. The zero-order chi connectivity index (χ0) is 16.8. The number of nitrogens with two attached hydrogens (primary N) is 1. The molecule has 1 aromatic rings. The predicted molar refractivity (Wildman–Crippen MR) is 109 cm³/mol. The van der Waals surface area contributed by atoms with E-state index in [0.717, 1.165) is 26.1 Å². The second-order valence-electron chi connectivity index (χ2n) is 7.24. The van der Waals surface area contributed by atoms with Gasteiger partial charge in [0.25, 0.3) is 0 Å². The fraction of sp³-hybridized carbons (Fsp3) is 0.632. The van der Waals surface area contributed by atoms with Crippen LogP contribution in [0, 0.1) is 11.8 Å². The molecule has 1 aliphatic rings. The number of nitrogens with one attached hydrogen (secondary N) is 1. The molecule has 25 heavy (non-hydrogen) atoms. The first-order chi connectivity index (χ1) is 11.0. The molecular formula is C19H33Cl2N3O. The van der Waals surface area contributed by atoms with E-state index in [0.29, 0.717) is 18.3 Å². The maximum atomic E-state index is 12.1. The lowest BCUT2D eigenvalue weighted by Gasteiger charge is -2.41. The van der Waals surface area contributed by atoms with Crippen molar-refractivity contribution >= 4 is 30.7 Å². The number of rotatable bonds is 6. The van der Waals surface area contributed by atoms with Crippen molar-refractivity contribution in [2.45, 2.75) is 52.2 Å². The molecule has 1 saturated heterocycles. The lowest BCUT2D eigenvalue weighted by Crippen LogP contribution is -2.54. The molecule has 0 saturated carbocycles. The van der Waals surface area contributed by atoms with Crippen molar-refractivity contribution in [3.05, 3.63) is 35.9 Å². The maximum absolute atomic E-state index is 12.1. The Morgan fingerprint density at radius 1 is 1.20 bits per heavy atom. The molecular weight excluding hydrogens is 357 g/mol. The number of hydrogen-bond acceptors (Lipinski definition) is 3. The Morgan fingerprint density at radius 3 is 2.28 bits per heavy atom. The number of hydrogen-bond donors (Lipinski definition) is 2. The predicted octanol–water partition coefficient (Wildman–Crippen LogP) is 3.23. The van der Waals surface area contributed by atoms with Crippen molar-refractivity contribution in [1.82, 2.24) is 10.2 Å². The highest BCUT2D eigenvalue weighted by atomic mass is 35.5. The second-order valence-corrected chi connectivity index (χ2v) is 7.24. The summed E-state index contributed by atoms with van der Waals surface area (Å²) in [6.07, 6.45) is 1.28. The quantitative estimate of drug-likeness (QED) is 0.784. The number of piperidine rings is 1. The summed E-state index contributed by atoms with van der Waals surface area (Å²) in [5.41, 5.74) is 7.09. The van der Waals surface area contributed by atoms with Gasteiger partial charge in [-0.25, -0.2) is 0 Å². The highest BCUT2D eigenvalue weighted by molar-refractivity contribution is 5.85. The first-order valence-corrected chi connectivity index (χ1v) is 8.77. The van der Waals surface area contributed by atoms with Gasteiger partial charge in [-0.05, 0) is 30.7 Å². The van der Waals surface area contributed by atoms with Crippen LogP contribution in [0.4, 0.5) is 0 Å². The summed E-state index contributed by atoms with van der Waals surface area (Å²) in [6, 6.07) is 10.9. The van der Waals surface area contributed by atoms with Crippen molar-refractivity contribution in [2.24, 2.45) is 17.6 Å². The zero-order valence-electron chi connectivity index (χ0n) is 15.5. The van der Waals surface area contributed by atoms with Gasteiger partial charge in [0.1, 0.15) is 0 Å². The molecule has 4 nitrogen and oxygen atoms in total. The summed E-state index contributed by atoms with van der Waals surface area (Å²) in [4.78, 5) is 14.6. The molecule has 1 heterocycles. The molecule has 0 bridgehead atoms. The van der Waals surface area contributed by atoms with E-state index in [4.69, 9.17) is 5.73 Å². The van der Waals surface area contributed by atoms with Crippen molar-refractivity contribution in [3.63, 3.8) is 0 Å². The molecule has 1 amide bonds. The Morgan fingerprint density at radius 2 is 1.76 bits per heavy atom. The third-order valence-corrected chi connectivity index (χ3v) is 4.72. The minimum absolute atomic E-state index is 0. The average Bonchev–Trinajstić information content (AvgIpc) is 2.50. The number of likely N-dealkylation sites (tertiary alicyclic amines) is 1. The van der Waals surface area contributed by atoms with Crippen LogP contribution in [0.2, 0.25) is 0 Å². The summed E-state index contributed by atoms with van der Waals surface area (Å²) in [5.74, 6) is 1.06. The fourth-order valence-corrected chi connectivity index (χ4v) is 3.55. The van der Waals surface area contributed by atoms with Gasteiger partial charge in [0.15, 0.2) is 0 Å². The third kappa shape index (κ3) is 7.95. The standard InChI is InChI=1S/C19H31N3O.2ClH/c1-14-11-22(13-17-7-5-4-6-8-17)12-15(2)19(14)21-18(23)10-9-16(3)20;;/h4-8,14-16,19H,9-13,20H2,1-3H3,(H,21,23);2*1H. The first-order valence-electron chi connectivity index (χ1n) is 8.77. The van der Waals surface area contributed by atoms with Gasteiger partial charge in [-0.3, -0.25) is 9.69 Å². The molecule has 3 unspecified atom stereocenters. The minimum Gasteiger partial charge on any atom is -0.353 e. The van der Waals surface area contributed by atoms with Gasteiger partial charge in [0.05, 0.1) is 0 Å². The van der Waals surface area contributed by atoms with E-state index < -0.39 is 0 Å². The molecule has 2 rings (SSSR count). The number of nitrogens with zero attached hydrogens (tertiary/aromatic N) is 1. The van der Waals surface area contributed by atoms with E-state index in [-0.39, 0.29) is 42.8 Å². The zero-order valence-corrected chi connectivity index (χ0v) is 17.1. The smallest absolute Gasteiger partial charge is 0.220 e. The van der Waals surface area contributed by atoms with Crippen LogP contribution in [-0.4, -0.2) is 36.0 Å². The van der Waals surface area contributed by atoms with E-state index >= 15 is 0 Å². The molecule has 6 heteroatoms. The topological polar surface area (TPSA) is 58.4 Å². The Balaban J connectivity index is 0.00000288. The molecule has 0 aliphatic carbocycles. The van der Waals surface area contributed by atoms with Crippen LogP contribution in [0.3, 0.4) is 0 Å². The van der Waals surface area contributed by atoms with E-state index in [1.54, 1.807) is 0 Å². The van der Waals surface area contributed by atoms with Crippen molar-refractivity contribution in [2.75, 3.05) is 13.1 Å². The number of carbonyl (C=O) groups is 1. The van der Waals surface area contributed by atoms with Crippen LogP contribution in [0.25, 0.3) is 0 Å². The van der Waals surface area contributed by atoms with Gasteiger partial charge in [0.2, 0.25) is 5.91 Å². The molecule has 1 aliphatic heterocycles. The Labute approximate surface area is 164 Å². The van der Waals surface area contributed by atoms with Gasteiger partial charge in [0, 0.05) is 38.1 Å². The number of halogens is 2. The SMILES string of the molecule is CC(N)CCC(=O)NC1C(C)CN(Cc2ccccc2)CC1C.Cl.Cl. The Kier molecular flexibility index (Phi) is 11.4. The summed E-state index contributed by atoms with van der Waals surface area (Å²) in [7, 11) is 0. The van der Waals surface area contributed by atoms with Crippen LogP contribution >= 0.6 is 24.8 Å². The lowest BCUT2D eigenvalue weighted by atomic mass is 9.85. The monoisotopic (exact) mass is 389 g/mol. The minimum atomic E-state index is 0. The van der Waals surface area contributed by atoms with Gasteiger partial charge < -0.3 is 11.1 Å². The molecule has 144 valence electrons. The maximum Gasteiger partial charge on any atom is 0.220 e. The Bertz CT molecular complexity index is 487. The largest absolute Gasteiger partial charge is 0.353 e. The molecule has 0 aromatic heterocycles. The Hall–Kier alpha value is -0.810. The highest BCUT2D eigenvalue weighted by Gasteiger charge is 2.32. The highest BCUT2D eigenvalue weighted by Crippen LogP contribution is 2.23. The van der Waals surface area contributed by atoms with Crippen LogP contribution in [0.15, 0.2) is 30.3 Å². The van der Waals surface area contributed by atoms with E-state index in [1.807, 2.05) is 6.92 Å². The van der Waals surface area contributed by atoms with Crippen molar-refractivity contribution in [3.8, 4) is 0 Å². The molecule has 1 fully saturated rings. The van der Waals surface area contributed by atoms with Gasteiger partial charge >= 0.3 is 0 Å². The van der Waals surface area contributed by atoms with Gasteiger partial charge in [-0.1, -0.05) is 44.2 Å². The van der Waals surface area contributed by atoms with Crippen molar-refractivity contribution < 1.29 is 4.79 Å². The summed E-state index contributed by atoms with van der Waals surface area (Å²) >= 11 is 0. The summed E-state index contributed by atoms with van der Waals surface area (Å²) < 4.78 is 0. The van der Waals surface area contributed by atoms with E-state index in [2.05, 4.69) is 54.4 Å². The second kappa shape index (κ2) is 11.7. The van der Waals surface area contributed by atoms with Crippen molar-refractivity contribution in [1.29, 1.82) is 0 Å². The number of amides is 1. The van der Waals surface area contributed by atoms with Crippen LogP contribution in [0.1, 0.15) is 39.2 Å². The number of carbonyl (C=O) groups excluding carboxylic acids is 1. The molecule has 1 aromatic carbocycles.